The van der Waals surface area contributed by atoms with E-state index >= 15 is 0 Å². The van der Waals surface area contributed by atoms with Crippen LogP contribution in [0.2, 0.25) is 0 Å². The molecular formula is C20H26FN3O6S2. The molecular weight excluding hydrogens is 461 g/mol. The van der Waals surface area contributed by atoms with Crippen LogP contribution in [-0.2, 0) is 24.8 Å². The molecule has 0 spiro atoms. The molecule has 32 heavy (non-hydrogen) atoms. The van der Waals surface area contributed by atoms with Crippen molar-refractivity contribution in [1.82, 2.24) is 9.03 Å². The van der Waals surface area contributed by atoms with Crippen molar-refractivity contribution in [2.45, 2.75) is 30.1 Å². The molecule has 12 heteroatoms. The summed E-state index contributed by atoms with van der Waals surface area (Å²) in [7, 11) is -6.28. The van der Waals surface area contributed by atoms with Crippen molar-refractivity contribution in [3.05, 3.63) is 48.3 Å². The van der Waals surface area contributed by atoms with Crippen molar-refractivity contribution < 1.29 is 30.8 Å². The molecule has 0 bridgehead atoms. The van der Waals surface area contributed by atoms with Crippen molar-refractivity contribution in [3.63, 3.8) is 0 Å². The van der Waals surface area contributed by atoms with Crippen LogP contribution in [0, 0.1) is 5.82 Å². The Labute approximate surface area is 187 Å². The SMILES string of the molecule is CCN(CC)S(=O)(=O)c1ccc(OC)c(NC(=O)CCNS(=O)(=O)c2ccc(F)cc2)c1. The van der Waals surface area contributed by atoms with Crippen LogP contribution in [0.3, 0.4) is 0 Å². The fraction of sp³-hybridized carbons (Fsp3) is 0.350. The molecule has 0 saturated carbocycles. The highest BCUT2D eigenvalue weighted by Gasteiger charge is 2.23. The van der Waals surface area contributed by atoms with Gasteiger partial charge in [-0.1, -0.05) is 13.8 Å². The first-order chi connectivity index (χ1) is 15.0. The summed E-state index contributed by atoms with van der Waals surface area (Å²) in [6, 6.07) is 8.39. The van der Waals surface area contributed by atoms with E-state index in [4.69, 9.17) is 4.74 Å². The monoisotopic (exact) mass is 487 g/mol. The molecule has 0 aliphatic heterocycles. The molecule has 0 heterocycles. The Hall–Kier alpha value is -2.54. The second-order valence-electron chi connectivity index (χ2n) is 6.60. The number of halogens is 1. The largest absolute Gasteiger partial charge is 0.495 e. The van der Waals surface area contributed by atoms with E-state index < -0.39 is 31.8 Å². The number of hydrogen-bond donors (Lipinski definition) is 2. The average Bonchev–Trinajstić information content (AvgIpc) is 2.74. The highest BCUT2D eigenvalue weighted by Crippen LogP contribution is 2.29. The number of carbonyl (C=O) groups is 1. The van der Waals surface area contributed by atoms with Crippen molar-refractivity contribution in [2.75, 3.05) is 32.1 Å². The van der Waals surface area contributed by atoms with Gasteiger partial charge in [0, 0.05) is 26.1 Å². The van der Waals surface area contributed by atoms with Gasteiger partial charge < -0.3 is 10.1 Å². The Morgan fingerprint density at radius 2 is 1.59 bits per heavy atom. The first-order valence-corrected chi connectivity index (χ1v) is 12.7. The normalized spacial score (nSPS) is 12.0. The summed E-state index contributed by atoms with van der Waals surface area (Å²) in [5, 5.41) is 2.55. The lowest BCUT2D eigenvalue weighted by molar-refractivity contribution is -0.116. The Kier molecular flexibility index (Phi) is 8.73. The molecule has 176 valence electrons. The number of rotatable bonds is 11. The average molecular weight is 488 g/mol. The molecule has 1 amide bonds. The topological polar surface area (TPSA) is 122 Å². The van der Waals surface area contributed by atoms with E-state index in [2.05, 4.69) is 10.0 Å². The lowest BCUT2D eigenvalue weighted by atomic mass is 10.2. The molecule has 0 saturated heterocycles. The number of nitrogens with one attached hydrogen (secondary N) is 2. The number of benzene rings is 2. The highest BCUT2D eigenvalue weighted by atomic mass is 32.2. The number of ether oxygens (including phenoxy) is 1. The van der Waals surface area contributed by atoms with Crippen molar-refractivity contribution in [3.8, 4) is 5.75 Å². The minimum absolute atomic E-state index is 0.00527. The van der Waals surface area contributed by atoms with E-state index in [-0.39, 0.29) is 34.2 Å². The fourth-order valence-electron chi connectivity index (χ4n) is 2.87. The summed E-state index contributed by atoms with van der Waals surface area (Å²) in [5.74, 6) is -0.867. The highest BCUT2D eigenvalue weighted by molar-refractivity contribution is 7.89. The molecule has 9 nitrogen and oxygen atoms in total. The molecule has 0 atom stereocenters. The smallest absolute Gasteiger partial charge is 0.243 e. The van der Waals surface area contributed by atoms with Gasteiger partial charge in [0.05, 0.1) is 22.6 Å². The van der Waals surface area contributed by atoms with Crippen LogP contribution in [0.4, 0.5) is 10.1 Å². The quantitative estimate of drug-likeness (QED) is 0.501. The summed E-state index contributed by atoms with van der Waals surface area (Å²) in [4.78, 5) is 12.2. The molecule has 0 unspecified atom stereocenters. The van der Waals surface area contributed by atoms with Gasteiger partial charge in [-0.2, -0.15) is 4.31 Å². The molecule has 2 aromatic carbocycles. The van der Waals surface area contributed by atoms with Crippen LogP contribution >= 0.6 is 0 Å². The maximum atomic E-state index is 13.0. The van der Waals surface area contributed by atoms with E-state index in [9.17, 15) is 26.0 Å². The molecule has 2 rings (SSSR count). The number of nitrogens with zero attached hydrogens (tertiary/aromatic N) is 1. The van der Waals surface area contributed by atoms with Gasteiger partial charge in [0.1, 0.15) is 11.6 Å². The van der Waals surface area contributed by atoms with Crippen molar-refractivity contribution in [2.24, 2.45) is 0 Å². The van der Waals surface area contributed by atoms with Crippen LogP contribution in [-0.4, -0.2) is 53.8 Å². The minimum Gasteiger partial charge on any atom is -0.495 e. The lowest BCUT2D eigenvalue weighted by Crippen LogP contribution is -2.30. The van der Waals surface area contributed by atoms with Crippen LogP contribution in [0.5, 0.6) is 5.75 Å². The number of methoxy groups -OCH3 is 1. The molecule has 2 aromatic rings. The second-order valence-corrected chi connectivity index (χ2v) is 10.3. The molecule has 0 aliphatic carbocycles. The van der Waals surface area contributed by atoms with Gasteiger partial charge in [-0.25, -0.2) is 25.9 Å². The zero-order valence-corrected chi connectivity index (χ0v) is 19.6. The maximum Gasteiger partial charge on any atom is 0.243 e. The van der Waals surface area contributed by atoms with Gasteiger partial charge in [0.15, 0.2) is 0 Å². The summed E-state index contributed by atoms with van der Waals surface area (Å²) < 4.78 is 71.6. The third kappa shape index (κ3) is 6.25. The predicted molar refractivity (Wildman–Crippen MR) is 118 cm³/mol. The van der Waals surface area contributed by atoms with E-state index in [1.165, 1.54) is 29.6 Å². The van der Waals surface area contributed by atoms with E-state index in [0.29, 0.717) is 13.1 Å². The summed E-state index contributed by atoms with van der Waals surface area (Å²) >= 11 is 0. The first kappa shape index (κ1) is 25.7. The number of sulfonamides is 2. The molecule has 2 N–H and O–H groups in total. The zero-order chi connectivity index (χ0) is 23.9. The Balaban J connectivity index is 2.09. The summed E-state index contributed by atoms with van der Waals surface area (Å²) in [5.41, 5.74) is 0.145. The second kappa shape index (κ2) is 10.9. The Morgan fingerprint density at radius 3 is 2.16 bits per heavy atom. The molecule has 0 fully saturated rings. The van der Waals surface area contributed by atoms with Crippen LogP contribution < -0.4 is 14.8 Å². The van der Waals surface area contributed by atoms with Gasteiger partial charge in [-0.05, 0) is 42.5 Å². The standard InChI is InChI=1S/C20H26FN3O6S2/c1-4-24(5-2)32(28,29)17-10-11-19(30-3)18(14-17)23-20(25)12-13-22-31(26,27)16-8-6-15(21)7-9-16/h6-11,14,22H,4-5,12-13H2,1-3H3,(H,23,25). The zero-order valence-electron chi connectivity index (χ0n) is 18.0. The van der Waals surface area contributed by atoms with Crippen molar-refractivity contribution >= 4 is 31.6 Å². The first-order valence-electron chi connectivity index (χ1n) is 9.78. The number of anilines is 1. The van der Waals surface area contributed by atoms with Gasteiger partial charge >= 0.3 is 0 Å². The predicted octanol–water partition coefficient (Wildman–Crippen LogP) is 2.17. The molecule has 0 aromatic heterocycles. The third-order valence-electron chi connectivity index (χ3n) is 4.56. The van der Waals surface area contributed by atoms with Gasteiger partial charge in [-0.15, -0.1) is 0 Å². The van der Waals surface area contributed by atoms with E-state index in [1.807, 2.05) is 0 Å². The number of carbonyl (C=O) groups excluding carboxylic acids is 1. The molecule has 0 radical (unpaired) electrons. The summed E-state index contributed by atoms with van der Waals surface area (Å²) in [6.07, 6.45) is -0.226. The van der Waals surface area contributed by atoms with Crippen molar-refractivity contribution in [1.29, 1.82) is 0 Å². The van der Waals surface area contributed by atoms with E-state index in [0.717, 1.165) is 24.3 Å². The maximum absolute atomic E-state index is 13.0. The lowest BCUT2D eigenvalue weighted by Gasteiger charge is -2.19. The minimum atomic E-state index is -3.91. The third-order valence-corrected chi connectivity index (χ3v) is 8.08. The van der Waals surface area contributed by atoms with Crippen LogP contribution in [0.15, 0.2) is 52.3 Å². The summed E-state index contributed by atoms with van der Waals surface area (Å²) in [6.45, 7) is 3.81. The van der Waals surface area contributed by atoms with Gasteiger partial charge in [-0.3, -0.25) is 4.79 Å². The molecule has 0 aliphatic rings. The number of hydrogen-bond acceptors (Lipinski definition) is 6. The van der Waals surface area contributed by atoms with Crippen LogP contribution in [0.1, 0.15) is 20.3 Å². The van der Waals surface area contributed by atoms with Crippen LogP contribution in [0.25, 0.3) is 0 Å². The van der Waals surface area contributed by atoms with Gasteiger partial charge in [0.2, 0.25) is 26.0 Å². The Bertz CT molecular complexity index is 1150. The fourth-order valence-corrected chi connectivity index (χ4v) is 5.38. The Morgan fingerprint density at radius 1 is 1.00 bits per heavy atom. The number of amides is 1. The van der Waals surface area contributed by atoms with E-state index in [1.54, 1.807) is 13.8 Å². The van der Waals surface area contributed by atoms with Gasteiger partial charge in [0.25, 0.3) is 0 Å².